The molecular weight excluding hydrogens is 453 g/mol. The SMILES string of the molecule is O=C(NCc1cccc(-c2cnccn2)c1[C@@H]1CCCCN1)c1cccc(C(F)(F)F)c1Cl. The average Bonchev–Trinajstić information content (AvgIpc) is 2.82. The van der Waals surface area contributed by atoms with E-state index in [-0.39, 0.29) is 18.2 Å². The standard InChI is InChI=1S/C24H22ClF3N4O/c25-22-17(7-4-8-18(22)24(26,27)28)23(33)32-13-15-5-3-6-16(20-14-29-11-12-31-20)21(15)19-9-1-2-10-30-19/h3-8,11-12,14,19,30H,1-2,9-10,13H2,(H,32,33)/t19-/m0/s1. The van der Waals surface area contributed by atoms with Crippen LogP contribution >= 0.6 is 11.6 Å². The Morgan fingerprint density at radius 2 is 1.97 bits per heavy atom. The van der Waals surface area contributed by atoms with E-state index in [1.54, 1.807) is 18.6 Å². The predicted molar refractivity (Wildman–Crippen MR) is 120 cm³/mol. The lowest BCUT2D eigenvalue weighted by Crippen LogP contribution is -2.30. The summed E-state index contributed by atoms with van der Waals surface area (Å²) in [6.45, 7) is 1.01. The fourth-order valence-corrected chi connectivity index (χ4v) is 4.45. The van der Waals surface area contributed by atoms with Crippen LogP contribution in [-0.2, 0) is 12.7 Å². The first-order chi connectivity index (χ1) is 15.9. The van der Waals surface area contributed by atoms with Crippen LogP contribution in [0.15, 0.2) is 55.0 Å². The number of alkyl halides is 3. The maximum absolute atomic E-state index is 13.2. The van der Waals surface area contributed by atoms with Gasteiger partial charge in [-0.3, -0.25) is 14.8 Å². The van der Waals surface area contributed by atoms with Gasteiger partial charge in [-0.2, -0.15) is 13.2 Å². The molecule has 33 heavy (non-hydrogen) atoms. The summed E-state index contributed by atoms with van der Waals surface area (Å²) in [5.41, 5.74) is 2.24. The van der Waals surface area contributed by atoms with Crippen LogP contribution < -0.4 is 10.6 Å². The number of nitrogens with one attached hydrogen (secondary N) is 2. The van der Waals surface area contributed by atoms with E-state index in [0.717, 1.165) is 48.6 Å². The number of halogens is 4. The Hall–Kier alpha value is -2.97. The van der Waals surface area contributed by atoms with Crippen LogP contribution in [0.5, 0.6) is 0 Å². The van der Waals surface area contributed by atoms with Gasteiger partial charge in [0.2, 0.25) is 0 Å². The second-order valence-corrected chi connectivity index (χ2v) is 8.20. The molecule has 9 heteroatoms. The first-order valence-corrected chi connectivity index (χ1v) is 11.0. The highest BCUT2D eigenvalue weighted by molar-refractivity contribution is 6.34. The number of hydrogen-bond donors (Lipinski definition) is 2. The average molecular weight is 475 g/mol. The zero-order valence-corrected chi connectivity index (χ0v) is 18.4. The maximum atomic E-state index is 13.2. The number of piperidine rings is 1. The summed E-state index contributed by atoms with van der Waals surface area (Å²) < 4.78 is 39.5. The number of rotatable bonds is 5. The van der Waals surface area contributed by atoms with Crippen molar-refractivity contribution in [1.82, 2.24) is 20.6 Å². The fourth-order valence-electron chi connectivity index (χ4n) is 4.14. The molecule has 1 aliphatic heterocycles. The maximum Gasteiger partial charge on any atom is 0.417 e. The Kier molecular flexibility index (Phi) is 6.95. The van der Waals surface area contributed by atoms with E-state index in [0.29, 0.717) is 5.69 Å². The molecule has 1 aliphatic rings. The van der Waals surface area contributed by atoms with E-state index in [1.165, 1.54) is 12.1 Å². The largest absolute Gasteiger partial charge is 0.417 e. The van der Waals surface area contributed by atoms with E-state index >= 15 is 0 Å². The highest BCUT2D eigenvalue weighted by Crippen LogP contribution is 2.37. The smallest absolute Gasteiger partial charge is 0.348 e. The molecule has 4 rings (SSSR count). The molecule has 2 aromatic carbocycles. The molecule has 0 bridgehead atoms. The van der Waals surface area contributed by atoms with Gasteiger partial charge in [0.05, 0.1) is 28.0 Å². The van der Waals surface area contributed by atoms with Crippen molar-refractivity contribution in [2.45, 2.75) is 38.0 Å². The van der Waals surface area contributed by atoms with Crippen molar-refractivity contribution in [3.05, 3.63) is 82.3 Å². The van der Waals surface area contributed by atoms with E-state index in [9.17, 15) is 18.0 Å². The van der Waals surface area contributed by atoms with Gasteiger partial charge in [0.25, 0.3) is 5.91 Å². The number of carbonyl (C=O) groups excluding carboxylic acids is 1. The van der Waals surface area contributed by atoms with E-state index < -0.39 is 22.7 Å². The number of nitrogens with zero attached hydrogens (tertiary/aromatic N) is 2. The summed E-state index contributed by atoms with van der Waals surface area (Å²) in [7, 11) is 0. The number of carbonyl (C=O) groups is 1. The predicted octanol–water partition coefficient (Wildman–Crippen LogP) is 5.56. The van der Waals surface area contributed by atoms with Crippen molar-refractivity contribution in [2.75, 3.05) is 6.54 Å². The van der Waals surface area contributed by atoms with Gasteiger partial charge in [0, 0.05) is 30.5 Å². The van der Waals surface area contributed by atoms with Gasteiger partial charge in [0.15, 0.2) is 0 Å². The molecule has 0 aliphatic carbocycles. The molecule has 0 radical (unpaired) electrons. The first kappa shape index (κ1) is 23.2. The molecule has 2 heterocycles. The Labute approximate surface area is 194 Å². The van der Waals surface area contributed by atoms with Gasteiger partial charge < -0.3 is 10.6 Å². The molecular formula is C24H22ClF3N4O. The van der Waals surface area contributed by atoms with Crippen molar-refractivity contribution in [2.24, 2.45) is 0 Å². The summed E-state index contributed by atoms with van der Waals surface area (Å²) in [5.74, 6) is -0.668. The molecule has 5 nitrogen and oxygen atoms in total. The van der Waals surface area contributed by atoms with Crippen LogP contribution in [0.4, 0.5) is 13.2 Å². The molecule has 0 spiro atoms. The lowest BCUT2D eigenvalue weighted by molar-refractivity contribution is -0.137. The molecule has 0 saturated carbocycles. The van der Waals surface area contributed by atoms with Crippen LogP contribution in [0.3, 0.4) is 0 Å². The molecule has 0 unspecified atom stereocenters. The second-order valence-electron chi connectivity index (χ2n) is 7.82. The molecule has 3 aromatic rings. The van der Waals surface area contributed by atoms with Crippen LogP contribution in [0, 0.1) is 0 Å². The number of benzene rings is 2. The van der Waals surface area contributed by atoms with E-state index in [2.05, 4.69) is 20.6 Å². The van der Waals surface area contributed by atoms with Crippen molar-refractivity contribution < 1.29 is 18.0 Å². The van der Waals surface area contributed by atoms with E-state index in [1.807, 2.05) is 18.2 Å². The van der Waals surface area contributed by atoms with Crippen molar-refractivity contribution in [3.8, 4) is 11.3 Å². The second kappa shape index (κ2) is 9.89. The minimum absolute atomic E-state index is 0.0704. The molecule has 2 N–H and O–H groups in total. The minimum Gasteiger partial charge on any atom is -0.348 e. The van der Waals surface area contributed by atoms with Crippen molar-refractivity contribution in [3.63, 3.8) is 0 Å². The van der Waals surface area contributed by atoms with Gasteiger partial charge in [-0.15, -0.1) is 0 Å². The molecule has 1 saturated heterocycles. The summed E-state index contributed by atoms with van der Waals surface area (Å²) in [5, 5.41) is 5.66. The summed E-state index contributed by atoms with van der Waals surface area (Å²) >= 11 is 5.92. The summed E-state index contributed by atoms with van der Waals surface area (Å²) in [6.07, 6.45) is 3.35. The van der Waals surface area contributed by atoms with Crippen LogP contribution in [0.2, 0.25) is 5.02 Å². The number of hydrogen-bond acceptors (Lipinski definition) is 4. The van der Waals surface area contributed by atoms with Gasteiger partial charge in [-0.25, -0.2) is 0 Å². The Bertz CT molecular complexity index is 1130. The Balaban J connectivity index is 1.64. The molecule has 1 fully saturated rings. The van der Waals surface area contributed by atoms with Crippen molar-refractivity contribution in [1.29, 1.82) is 0 Å². The first-order valence-electron chi connectivity index (χ1n) is 10.6. The topological polar surface area (TPSA) is 66.9 Å². The third-order valence-electron chi connectivity index (χ3n) is 5.68. The van der Waals surface area contributed by atoms with Gasteiger partial charge >= 0.3 is 6.18 Å². The number of amides is 1. The molecule has 172 valence electrons. The molecule has 1 atom stereocenters. The van der Waals surface area contributed by atoms with Crippen molar-refractivity contribution >= 4 is 17.5 Å². The van der Waals surface area contributed by atoms with Crippen LogP contribution in [-0.4, -0.2) is 22.4 Å². The normalized spacial score (nSPS) is 16.4. The zero-order valence-electron chi connectivity index (χ0n) is 17.6. The highest BCUT2D eigenvalue weighted by Gasteiger charge is 2.34. The van der Waals surface area contributed by atoms with Gasteiger partial charge in [-0.05, 0) is 42.6 Å². The lowest BCUT2D eigenvalue weighted by atomic mass is 9.88. The highest BCUT2D eigenvalue weighted by atomic mass is 35.5. The summed E-state index contributed by atoms with van der Waals surface area (Å²) in [6, 6.07) is 9.12. The van der Waals surface area contributed by atoms with Crippen LogP contribution in [0.25, 0.3) is 11.3 Å². The summed E-state index contributed by atoms with van der Waals surface area (Å²) in [4.78, 5) is 21.4. The minimum atomic E-state index is -4.64. The van der Waals surface area contributed by atoms with Crippen LogP contribution in [0.1, 0.15) is 52.4 Å². The third kappa shape index (κ3) is 5.17. The Morgan fingerprint density at radius 1 is 1.15 bits per heavy atom. The zero-order chi connectivity index (χ0) is 23.4. The Morgan fingerprint density at radius 3 is 2.67 bits per heavy atom. The van der Waals surface area contributed by atoms with E-state index in [4.69, 9.17) is 11.6 Å². The lowest BCUT2D eigenvalue weighted by Gasteiger charge is -2.28. The fraction of sp³-hybridized carbons (Fsp3) is 0.292. The quantitative estimate of drug-likeness (QED) is 0.508. The van der Waals surface area contributed by atoms with Gasteiger partial charge in [0.1, 0.15) is 0 Å². The monoisotopic (exact) mass is 474 g/mol. The number of aromatic nitrogens is 2. The van der Waals surface area contributed by atoms with Gasteiger partial charge in [-0.1, -0.05) is 42.3 Å². The third-order valence-corrected chi connectivity index (χ3v) is 6.09. The molecule has 1 aromatic heterocycles. The molecule has 1 amide bonds.